The van der Waals surface area contributed by atoms with Crippen LogP contribution in [0.2, 0.25) is 0 Å². The fraction of sp³-hybridized carbons (Fsp3) is 0.452. The lowest BCUT2D eigenvalue weighted by atomic mass is 9.81. The predicted molar refractivity (Wildman–Crippen MR) is 156 cm³/mol. The molecule has 11 nitrogen and oxygen atoms in total. The van der Waals surface area contributed by atoms with Gasteiger partial charge in [-0.15, -0.1) is 0 Å². The minimum atomic E-state index is -0.672. The predicted octanol–water partition coefficient (Wildman–Crippen LogP) is 4.80. The quantitative estimate of drug-likeness (QED) is 0.352. The summed E-state index contributed by atoms with van der Waals surface area (Å²) in [6.07, 6.45) is 9.28. The average Bonchev–Trinajstić information content (AvgIpc) is 3.69. The average molecular weight is 573 g/mol. The van der Waals surface area contributed by atoms with E-state index in [1.807, 2.05) is 24.3 Å². The van der Waals surface area contributed by atoms with Gasteiger partial charge < -0.3 is 5.32 Å². The van der Waals surface area contributed by atoms with E-state index in [4.69, 9.17) is 0 Å². The lowest BCUT2D eigenvalue weighted by Gasteiger charge is -2.33. The van der Waals surface area contributed by atoms with Gasteiger partial charge in [-0.05, 0) is 55.4 Å². The monoisotopic (exact) mass is 572 g/mol. The van der Waals surface area contributed by atoms with Crippen LogP contribution in [0.1, 0.15) is 69.4 Å². The van der Waals surface area contributed by atoms with E-state index in [0.29, 0.717) is 17.2 Å². The van der Waals surface area contributed by atoms with Crippen LogP contribution in [0, 0.1) is 11.8 Å². The number of nitrogens with one attached hydrogen (secondary N) is 3. The molecule has 3 aliphatic rings. The van der Waals surface area contributed by atoms with E-state index < -0.39 is 17.7 Å². The van der Waals surface area contributed by atoms with Crippen molar-refractivity contribution in [1.29, 1.82) is 0 Å². The van der Waals surface area contributed by atoms with Gasteiger partial charge in [-0.3, -0.25) is 24.0 Å². The van der Waals surface area contributed by atoms with Crippen LogP contribution in [0.25, 0.3) is 11.4 Å². The standard InChI is InChI=1S/C31H36N6O5/c38-26(20-9-4-5-10-20)18-36-25-16-7-6-15-24(25)28(21-11-2-1-3-12-21)34-37(31(36)41)19-27(39)32-23-14-8-13-22(17-23)29-33-30(40)42-35-29/h6-8,13-17,20-21,28,34H,1-5,9-12,18-19H2,(H,32,39)(H,33,35,40). The number of para-hydroxylation sites is 1. The number of benzene rings is 2. The van der Waals surface area contributed by atoms with Crippen LogP contribution in [0.5, 0.6) is 0 Å². The van der Waals surface area contributed by atoms with E-state index in [-0.39, 0.29) is 36.7 Å². The maximum absolute atomic E-state index is 14.1. The summed E-state index contributed by atoms with van der Waals surface area (Å²) in [6, 6.07) is 14.0. The summed E-state index contributed by atoms with van der Waals surface area (Å²) in [5.41, 5.74) is 6.18. The van der Waals surface area contributed by atoms with Gasteiger partial charge in [0.25, 0.3) is 0 Å². The summed E-state index contributed by atoms with van der Waals surface area (Å²) >= 11 is 0. The number of H-pyrrole nitrogens is 1. The number of urea groups is 1. The number of Topliss-reactive ketones (excluding diaryl/α,β-unsaturated/α-hetero) is 1. The lowest BCUT2D eigenvalue weighted by molar-refractivity contribution is -0.121. The number of carbonyl (C=O) groups excluding carboxylic acids is 3. The molecule has 2 fully saturated rings. The summed E-state index contributed by atoms with van der Waals surface area (Å²) in [5, 5.41) is 7.93. The molecule has 1 atom stereocenters. The van der Waals surface area contributed by atoms with E-state index in [1.54, 1.807) is 29.2 Å². The number of aromatic nitrogens is 2. The smallest absolute Gasteiger partial charge is 0.324 e. The van der Waals surface area contributed by atoms with Gasteiger partial charge in [-0.1, -0.05) is 67.6 Å². The number of hydrogen-bond donors (Lipinski definition) is 3. The van der Waals surface area contributed by atoms with E-state index in [2.05, 4.69) is 25.4 Å². The van der Waals surface area contributed by atoms with Crippen molar-refractivity contribution in [3.8, 4) is 11.4 Å². The van der Waals surface area contributed by atoms with Gasteiger partial charge in [0, 0.05) is 17.2 Å². The van der Waals surface area contributed by atoms with Crippen molar-refractivity contribution < 1.29 is 18.9 Å². The molecular weight excluding hydrogens is 536 g/mol. The van der Waals surface area contributed by atoms with E-state index in [0.717, 1.165) is 62.6 Å². The number of anilines is 2. The van der Waals surface area contributed by atoms with E-state index in [1.165, 1.54) is 11.4 Å². The van der Waals surface area contributed by atoms with E-state index in [9.17, 15) is 19.2 Å². The third-order valence-corrected chi connectivity index (χ3v) is 8.73. The van der Waals surface area contributed by atoms with Crippen LogP contribution >= 0.6 is 0 Å². The molecule has 11 heteroatoms. The van der Waals surface area contributed by atoms with Gasteiger partial charge in [0.05, 0.1) is 18.3 Å². The molecule has 2 aromatic carbocycles. The zero-order valence-electron chi connectivity index (χ0n) is 23.5. The highest BCUT2D eigenvalue weighted by atomic mass is 16.5. The first-order chi connectivity index (χ1) is 20.5. The van der Waals surface area contributed by atoms with Gasteiger partial charge in [0.2, 0.25) is 5.91 Å². The fourth-order valence-corrected chi connectivity index (χ4v) is 6.61. The molecular formula is C31H36N6O5. The second-order valence-electron chi connectivity index (χ2n) is 11.5. The minimum Gasteiger partial charge on any atom is -0.324 e. The largest absolute Gasteiger partial charge is 0.439 e. The summed E-state index contributed by atoms with van der Waals surface area (Å²) < 4.78 is 4.59. The fourth-order valence-electron chi connectivity index (χ4n) is 6.61. The molecule has 2 aliphatic carbocycles. The molecule has 1 aromatic heterocycles. The maximum Gasteiger partial charge on any atom is 0.439 e. The van der Waals surface area contributed by atoms with Crippen LogP contribution in [0.4, 0.5) is 16.2 Å². The van der Waals surface area contributed by atoms with Crippen LogP contribution in [0.15, 0.2) is 57.8 Å². The molecule has 2 saturated carbocycles. The molecule has 1 aliphatic heterocycles. The molecule has 0 bridgehead atoms. The summed E-state index contributed by atoms with van der Waals surface area (Å²) in [4.78, 5) is 56.2. The van der Waals surface area contributed by atoms with Gasteiger partial charge in [0.15, 0.2) is 11.6 Å². The molecule has 3 aromatic rings. The SMILES string of the molecule is O=C(CN1NC(C2CCCCC2)c2ccccc2N(CC(=O)C2CCCC2)C1=O)Nc1cccc(-c2noc(=O)[nH]2)c1. The Hall–Kier alpha value is -4.25. The minimum absolute atomic E-state index is 0.0182. The highest BCUT2D eigenvalue weighted by Crippen LogP contribution is 2.40. The third-order valence-electron chi connectivity index (χ3n) is 8.73. The molecule has 220 valence electrons. The number of hydrogen-bond acceptors (Lipinski definition) is 7. The van der Waals surface area contributed by atoms with Crippen molar-refractivity contribution in [2.24, 2.45) is 11.8 Å². The van der Waals surface area contributed by atoms with Crippen molar-refractivity contribution in [2.45, 2.75) is 63.8 Å². The number of carbonyl (C=O) groups is 3. The Morgan fingerprint density at radius 1 is 0.929 bits per heavy atom. The molecule has 0 saturated heterocycles. The van der Waals surface area contributed by atoms with Gasteiger partial charge in [0.1, 0.15) is 6.54 Å². The number of aromatic amines is 1. The number of rotatable bonds is 8. The first kappa shape index (κ1) is 27.9. The van der Waals surface area contributed by atoms with Crippen LogP contribution < -0.4 is 21.4 Å². The Morgan fingerprint density at radius 2 is 1.69 bits per heavy atom. The van der Waals surface area contributed by atoms with E-state index >= 15 is 0 Å². The Bertz CT molecular complexity index is 1500. The number of amides is 3. The van der Waals surface area contributed by atoms with Crippen LogP contribution in [0.3, 0.4) is 0 Å². The number of fused-ring (bicyclic) bond motifs is 1. The zero-order chi connectivity index (χ0) is 29.1. The van der Waals surface area contributed by atoms with Crippen LogP contribution in [-0.2, 0) is 9.59 Å². The van der Waals surface area contributed by atoms with Crippen molar-refractivity contribution in [2.75, 3.05) is 23.3 Å². The first-order valence-corrected chi connectivity index (χ1v) is 14.9. The molecule has 1 unspecified atom stereocenters. The topological polar surface area (TPSA) is 141 Å². The molecule has 3 amide bonds. The molecule has 3 N–H and O–H groups in total. The molecule has 6 rings (SSSR count). The van der Waals surface area contributed by atoms with Gasteiger partial charge in [-0.2, -0.15) is 0 Å². The molecule has 2 heterocycles. The summed E-state index contributed by atoms with van der Waals surface area (Å²) in [5.74, 6) is -0.495. The van der Waals surface area contributed by atoms with Crippen molar-refractivity contribution in [3.05, 3.63) is 64.6 Å². The van der Waals surface area contributed by atoms with Crippen molar-refractivity contribution >= 4 is 29.1 Å². The normalized spacial score (nSPS) is 19.9. The third kappa shape index (κ3) is 6.01. The Morgan fingerprint density at radius 3 is 2.45 bits per heavy atom. The zero-order valence-corrected chi connectivity index (χ0v) is 23.5. The highest BCUT2D eigenvalue weighted by Gasteiger charge is 2.38. The Balaban J connectivity index is 1.26. The highest BCUT2D eigenvalue weighted by molar-refractivity contribution is 6.02. The number of hydrazine groups is 1. The van der Waals surface area contributed by atoms with Gasteiger partial charge >= 0.3 is 11.8 Å². The molecule has 0 radical (unpaired) electrons. The number of nitrogens with zero attached hydrogens (tertiary/aromatic N) is 3. The maximum atomic E-state index is 14.1. The van der Waals surface area contributed by atoms with Gasteiger partial charge in [-0.25, -0.2) is 20.0 Å². The first-order valence-electron chi connectivity index (χ1n) is 14.9. The van der Waals surface area contributed by atoms with Crippen molar-refractivity contribution in [1.82, 2.24) is 20.6 Å². The number of ketones is 1. The molecule has 42 heavy (non-hydrogen) atoms. The summed E-state index contributed by atoms with van der Waals surface area (Å²) in [6.45, 7) is -0.273. The summed E-state index contributed by atoms with van der Waals surface area (Å²) in [7, 11) is 0. The Kier molecular flexibility index (Phi) is 8.18. The molecule has 0 spiro atoms. The van der Waals surface area contributed by atoms with Crippen molar-refractivity contribution in [3.63, 3.8) is 0 Å². The second kappa shape index (κ2) is 12.3. The second-order valence-corrected chi connectivity index (χ2v) is 11.5. The van der Waals surface area contributed by atoms with Crippen LogP contribution in [-0.4, -0.2) is 46.0 Å². The Labute approximate surface area is 243 Å². The lowest BCUT2D eigenvalue weighted by Crippen LogP contribution is -2.53.